The third-order valence-corrected chi connectivity index (χ3v) is 3.33. The van der Waals surface area contributed by atoms with Gasteiger partial charge < -0.3 is 28.8 Å². The number of ether oxygens (including phenoxy) is 5. The summed E-state index contributed by atoms with van der Waals surface area (Å²) in [6.07, 6.45) is -3.45. The summed E-state index contributed by atoms with van der Waals surface area (Å²) in [6.45, 7) is 3.59. The zero-order chi connectivity index (χ0) is 17.7. The van der Waals surface area contributed by atoms with Gasteiger partial charge >= 0.3 is 11.9 Å². The Bertz CT molecular complexity index is 574. The zero-order valence-electron chi connectivity index (χ0n) is 13.7. The van der Waals surface area contributed by atoms with Crippen LogP contribution in [0.25, 0.3) is 0 Å². The highest BCUT2D eigenvalue weighted by molar-refractivity contribution is 5.86. The number of methoxy groups -OCH3 is 1. The highest BCUT2D eigenvalue weighted by Gasteiger charge is 2.47. The second-order valence-electron chi connectivity index (χ2n) is 4.88. The van der Waals surface area contributed by atoms with Crippen molar-refractivity contribution < 1.29 is 38.4 Å². The van der Waals surface area contributed by atoms with Crippen molar-refractivity contribution in [2.75, 3.05) is 20.3 Å². The van der Waals surface area contributed by atoms with Crippen molar-refractivity contribution in [3.63, 3.8) is 0 Å². The number of hydrogen-bond donors (Lipinski definition) is 1. The summed E-state index contributed by atoms with van der Waals surface area (Å²) < 4.78 is 26.0. The number of benzene rings is 1. The highest BCUT2D eigenvalue weighted by atomic mass is 16.8. The molecule has 1 fully saturated rings. The first-order valence-electron chi connectivity index (χ1n) is 7.52. The normalized spacial score (nSPS) is 22.9. The molecule has 8 nitrogen and oxygen atoms in total. The van der Waals surface area contributed by atoms with E-state index in [0.717, 1.165) is 0 Å². The lowest BCUT2D eigenvalue weighted by Gasteiger charge is -2.13. The van der Waals surface area contributed by atoms with Crippen molar-refractivity contribution in [2.45, 2.75) is 32.3 Å². The Morgan fingerprint density at radius 1 is 1.08 bits per heavy atom. The lowest BCUT2D eigenvalue weighted by atomic mass is 10.2. The first kappa shape index (κ1) is 18.0. The van der Waals surface area contributed by atoms with Gasteiger partial charge in [-0.15, -0.1) is 0 Å². The largest absolute Gasteiger partial charge is 0.504 e. The molecule has 2 rings (SSSR count). The molecule has 8 heteroatoms. The number of esters is 2. The summed E-state index contributed by atoms with van der Waals surface area (Å²) >= 11 is 0. The van der Waals surface area contributed by atoms with Crippen molar-refractivity contribution in [1.29, 1.82) is 0 Å². The number of phenols is 1. The molecular formula is C16H20O8. The van der Waals surface area contributed by atoms with Gasteiger partial charge in [-0.25, -0.2) is 9.59 Å². The minimum absolute atomic E-state index is 0.0527. The van der Waals surface area contributed by atoms with Crippen molar-refractivity contribution in [2.24, 2.45) is 0 Å². The fourth-order valence-electron chi connectivity index (χ4n) is 2.25. The quantitative estimate of drug-likeness (QED) is 0.774. The van der Waals surface area contributed by atoms with Gasteiger partial charge in [0.1, 0.15) is 0 Å². The number of carbonyl (C=O) groups is 2. The van der Waals surface area contributed by atoms with Gasteiger partial charge in [0, 0.05) is 5.56 Å². The molecule has 0 spiro atoms. The van der Waals surface area contributed by atoms with Crippen LogP contribution in [0.1, 0.15) is 25.7 Å². The predicted octanol–water partition coefficient (Wildman–Crippen LogP) is 1.31. The molecule has 2 unspecified atom stereocenters. The second kappa shape index (κ2) is 7.98. The maximum atomic E-state index is 12.0. The lowest BCUT2D eigenvalue weighted by Crippen LogP contribution is -2.39. The third kappa shape index (κ3) is 3.77. The van der Waals surface area contributed by atoms with E-state index in [1.165, 1.54) is 25.3 Å². The molecule has 0 aliphatic carbocycles. The van der Waals surface area contributed by atoms with Gasteiger partial charge in [-0.05, 0) is 26.0 Å². The average molecular weight is 340 g/mol. The van der Waals surface area contributed by atoms with Crippen LogP contribution in [0.2, 0.25) is 0 Å². The molecule has 0 bridgehead atoms. The highest BCUT2D eigenvalue weighted by Crippen LogP contribution is 2.36. The number of aromatic hydroxyl groups is 1. The van der Waals surface area contributed by atoms with E-state index in [-0.39, 0.29) is 24.7 Å². The van der Waals surface area contributed by atoms with Crippen LogP contribution >= 0.6 is 0 Å². The van der Waals surface area contributed by atoms with E-state index in [9.17, 15) is 14.7 Å². The Labute approximate surface area is 139 Å². The Balaban J connectivity index is 2.24. The molecule has 1 aliphatic heterocycles. The topological polar surface area (TPSA) is 101 Å². The molecule has 1 aliphatic rings. The molecule has 0 amide bonds. The molecular weight excluding hydrogens is 320 g/mol. The number of rotatable bonds is 6. The third-order valence-electron chi connectivity index (χ3n) is 3.33. The maximum absolute atomic E-state index is 12.0. The van der Waals surface area contributed by atoms with Crippen LogP contribution in [0.5, 0.6) is 11.5 Å². The molecule has 0 radical (unpaired) electrons. The number of phenolic OH excluding ortho intramolecular Hbond substituents is 1. The second-order valence-corrected chi connectivity index (χ2v) is 4.88. The van der Waals surface area contributed by atoms with E-state index in [1.54, 1.807) is 13.8 Å². The van der Waals surface area contributed by atoms with E-state index < -0.39 is 30.4 Å². The van der Waals surface area contributed by atoms with E-state index in [4.69, 9.17) is 23.7 Å². The van der Waals surface area contributed by atoms with Crippen LogP contribution in [-0.4, -0.2) is 49.6 Å². The predicted molar refractivity (Wildman–Crippen MR) is 80.4 cm³/mol. The molecule has 1 heterocycles. The van der Waals surface area contributed by atoms with Crippen LogP contribution in [0.4, 0.5) is 0 Å². The van der Waals surface area contributed by atoms with E-state index >= 15 is 0 Å². The summed E-state index contributed by atoms with van der Waals surface area (Å²) in [5, 5.41) is 9.64. The van der Waals surface area contributed by atoms with Crippen LogP contribution in [0, 0.1) is 0 Å². The average Bonchev–Trinajstić information content (AvgIpc) is 3.01. The van der Waals surface area contributed by atoms with Gasteiger partial charge in [0.15, 0.2) is 30.0 Å². The summed E-state index contributed by atoms with van der Waals surface area (Å²) in [4.78, 5) is 24.0. The fourth-order valence-corrected chi connectivity index (χ4v) is 2.25. The fraction of sp³-hybridized carbons (Fsp3) is 0.500. The minimum atomic E-state index is -1.23. The smallest absolute Gasteiger partial charge is 0.338 e. The van der Waals surface area contributed by atoms with Crippen LogP contribution in [0.3, 0.4) is 0 Å². The van der Waals surface area contributed by atoms with Crippen LogP contribution in [-0.2, 0) is 28.5 Å². The number of carbonyl (C=O) groups excluding carboxylic acids is 2. The van der Waals surface area contributed by atoms with E-state index in [0.29, 0.717) is 5.56 Å². The molecule has 1 aromatic rings. The summed E-state index contributed by atoms with van der Waals surface area (Å²) in [5.41, 5.74) is 0.478. The van der Waals surface area contributed by atoms with E-state index in [1.807, 2.05) is 0 Å². The summed E-state index contributed by atoms with van der Waals surface area (Å²) in [5.74, 6) is -1.25. The Hall–Kier alpha value is -2.32. The van der Waals surface area contributed by atoms with Gasteiger partial charge in [0.05, 0.1) is 20.3 Å². The molecule has 24 heavy (non-hydrogen) atoms. The van der Waals surface area contributed by atoms with Gasteiger partial charge in [-0.2, -0.15) is 0 Å². The first-order chi connectivity index (χ1) is 11.5. The standard InChI is InChI=1S/C16H20O8/c1-4-21-14(18)12-13(15(19)22-5-2)24-16(23-12)9-6-7-10(17)11(8-9)20-3/h6-8,12-13,16-17H,4-5H2,1-3H3. The zero-order valence-corrected chi connectivity index (χ0v) is 13.7. The van der Waals surface area contributed by atoms with Crippen molar-refractivity contribution in [3.8, 4) is 11.5 Å². The monoisotopic (exact) mass is 340 g/mol. The minimum Gasteiger partial charge on any atom is -0.504 e. The van der Waals surface area contributed by atoms with Crippen LogP contribution < -0.4 is 4.74 Å². The molecule has 2 atom stereocenters. The number of hydrogen-bond acceptors (Lipinski definition) is 8. The van der Waals surface area contributed by atoms with Gasteiger partial charge in [0.2, 0.25) is 0 Å². The molecule has 0 aromatic heterocycles. The molecule has 1 N–H and O–H groups in total. The SMILES string of the molecule is CCOC(=O)C1OC(c2ccc(O)c(OC)c2)OC1C(=O)OCC. The molecule has 1 saturated heterocycles. The Morgan fingerprint density at radius 3 is 2.08 bits per heavy atom. The summed E-state index contributed by atoms with van der Waals surface area (Å²) in [6, 6.07) is 4.44. The van der Waals surface area contributed by atoms with Gasteiger partial charge in [-0.1, -0.05) is 6.07 Å². The molecule has 1 aromatic carbocycles. The molecule has 0 saturated carbocycles. The molecule has 132 valence electrons. The first-order valence-corrected chi connectivity index (χ1v) is 7.52. The summed E-state index contributed by atoms with van der Waals surface area (Å²) in [7, 11) is 1.40. The van der Waals surface area contributed by atoms with Gasteiger partial charge in [-0.3, -0.25) is 0 Å². The van der Waals surface area contributed by atoms with Crippen LogP contribution in [0.15, 0.2) is 18.2 Å². The van der Waals surface area contributed by atoms with Gasteiger partial charge in [0.25, 0.3) is 0 Å². The van der Waals surface area contributed by atoms with Crippen molar-refractivity contribution in [1.82, 2.24) is 0 Å². The Morgan fingerprint density at radius 2 is 1.62 bits per heavy atom. The Kier molecular flexibility index (Phi) is 5.99. The maximum Gasteiger partial charge on any atom is 0.338 e. The lowest BCUT2D eigenvalue weighted by molar-refractivity contribution is -0.163. The van der Waals surface area contributed by atoms with E-state index in [2.05, 4.69) is 0 Å². The van der Waals surface area contributed by atoms with Crippen molar-refractivity contribution in [3.05, 3.63) is 23.8 Å². The van der Waals surface area contributed by atoms with Crippen molar-refractivity contribution >= 4 is 11.9 Å².